The Morgan fingerprint density at radius 1 is 0.886 bits per heavy atom. The van der Waals surface area contributed by atoms with Crippen LogP contribution in [0.4, 0.5) is 4.39 Å². The Hall–Kier alpha value is -4.24. The van der Waals surface area contributed by atoms with Crippen LogP contribution in [0, 0.1) is 5.82 Å². The quantitative estimate of drug-likeness (QED) is 0.333. The first-order chi connectivity index (χ1) is 17.1. The molecule has 0 aliphatic heterocycles. The molecule has 5 rings (SSSR count). The average molecular weight is 471 g/mol. The van der Waals surface area contributed by atoms with Crippen molar-refractivity contribution in [1.82, 2.24) is 29.9 Å². The fraction of sp³-hybridized carbons (Fsp3) is 0.192. The lowest BCUT2D eigenvalue weighted by molar-refractivity contribution is 0.180. The Bertz CT molecular complexity index is 1500. The van der Waals surface area contributed by atoms with Crippen molar-refractivity contribution >= 4 is 11.2 Å². The van der Waals surface area contributed by atoms with Gasteiger partial charge in [0, 0.05) is 35.9 Å². The van der Waals surface area contributed by atoms with Crippen molar-refractivity contribution in [2.75, 3.05) is 14.2 Å². The van der Waals surface area contributed by atoms with E-state index in [2.05, 4.69) is 25.4 Å². The maximum Gasteiger partial charge on any atom is 0.183 e. The van der Waals surface area contributed by atoms with Gasteiger partial charge in [-0.05, 0) is 48.9 Å². The number of imidazole rings is 1. The summed E-state index contributed by atoms with van der Waals surface area (Å²) in [4.78, 5) is 4.51. The SMILES string of the molecule is CCn1cnc2c(-c3ccc(F)c(-c4ccc(-c5ccc(COC)nn5)cc4OC)c3)cnnc21. The minimum Gasteiger partial charge on any atom is -0.496 e. The maximum absolute atomic E-state index is 15.1. The van der Waals surface area contributed by atoms with Crippen molar-refractivity contribution < 1.29 is 13.9 Å². The Kier molecular flexibility index (Phi) is 6.15. The van der Waals surface area contributed by atoms with E-state index in [1.807, 2.05) is 41.8 Å². The van der Waals surface area contributed by atoms with Crippen molar-refractivity contribution in [3.63, 3.8) is 0 Å². The third-order valence-corrected chi connectivity index (χ3v) is 5.82. The van der Waals surface area contributed by atoms with Crippen molar-refractivity contribution in [3.8, 4) is 39.3 Å². The molecule has 2 aromatic carbocycles. The van der Waals surface area contributed by atoms with E-state index in [-0.39, 0.29) is 5.82 Å². The summed E-state index contributed by atoms with van der Waals surface area (Å²) in [6.45, 7) is 3.14. The summed E-state index contributed by atoms with van der Waals surface area (Å²) in [5.41, 5.74) is 6.24. The first kappa shape index (κ1) is 22.5. The fourth-order valence-corrected chi connectivity index (χ4v) is 4.03. The van der Waals surface area contributed by atoms with Crippen LogP contribution >= 0.6 is 0 Å². The van der Waals surface area contributed by atoms with Gasteiger partial charge in [0.05, 0.1) is 37.6 Å². The second kappa shape index (κ2) is 9.55. The van der Waals surface area contributed by atoms with Gasteiger partial charge >= 0.3 is 0 Å². The number of halogens is 1. The van der Waals surface area contributed by atoms with Crippen LogP contribution < -0.4 is 4.74 Å². The van der Waals surface area contributed by atoms with Crippen LogP contribution in [0.25, 0.3) is 44.7 Å². The molecular weight excluding hydrogens is 447 g/mol. The minimum absolute atomic E-state index is 0.360. The van der Waals surface area contributed by atoms with E-state index in [0.717, 1.165) is 34.4 Å². The standard InChI is InChI=1S/C26H23FN6O2/c1-4-33-15-28-25-21(13-29-32-26(25)33)16-6-9-22(27)20(11-16)19-8-5-17(12-24(19)35-3)23-10-7-18(14-34-2)30-31-23/h5-13,15H,4,14H2,1-3H3. The van der Waals surface area contributed by atoms with Crippen LogP contribution in [-0.4, -0.2) is 44.2 Å². The first-order valence-electron chi connectivity index (χ1n) is 11.1. The van der Waals surface area contributed by atoms with Gasteiger partial charge in [-0.3, -0.25) is 0 Å². The van der Waals surface area contributed by atoms with Crippen molar-refractivity contribution in [1.29, 1.82) is 0 Å². The molecule has 0 radical (unpaired) electrons. The number of hydrogen-bond acceptors (Lipinski definition) is 7. The molecule has 35 heavy (non-hydrogen) atoms. The Morgan fingerprint density at radius 2 is 1.74 bits per heavy atom. The zero-order valence-electron chi connectivity index (χ0n) is 19.6. The summed E-state index contributed by atoms with van der Waals surface area (Å²) in [6, 6.07) is 14.2. The van der Waals surface area contributed by atoms with Crippen molar-refractivity contribution in [3.05, 3.63) is 72.6 Å². The van der Waals surface area contributed by atoms with Gasteiger partial charge in [-0.15, -0.1) is 5.10 Å². The van der Waals surface area contributed by atoms with Gasteiger partial charge in [0.15, 0.2) is 5.65 Å². The molecule has 0 amide bonds. The van der Waals surface area contributed by atoms with Crippen LogP contribution in [0.3, 0.4) is 0 Å². The van der Waals surface area contributed by atoms with Gasteiger partial charge in [-0.2, -0.15) is 15.3 Å². The lowest BCUT2D eigenvalue weighted by atomic mass is 9.97. The van der Waals surface area contributed by atoms with Gasteiger partial charge in [0.2, 0.25) is 0 Å². The van der Waals surface area contributed by atoms with E-state index < -0.39 is 0 Å². The predicted molar refractivity (Wildman–Crippen MR) is 130 cm³/mol. The van der Waals surface area contributed by atoms with E-state index in [0.29, 0.717) is 34.8 Å². The van der Waals surface area contributed by atoms with Crippen molar-refractivity contribution in [2.45, 2.75) is 20.1 Å². The molecule has 5 aromatic rings. The van der Waals surface area contributed by atoms with E-state index in [4.69, 9.17) is 9.47 Å². The summed E-state index contributed by atoms with van der Waals surface area (Å²) in [7, 11) is 3.17. The van der Waals surface area contributed by atoms with E-state index >= 15 is 4.39 Å². The molecule has 0 atom stereocenters. The number of fused-ring (bicyclic) bond motifs is 1. The highest BCUT2D eigenvalue weighted by Gasteiger charge is 2.17. The Labute approximate surface area is 201 Å². The van der Waals surface area contributed by atoms with Crippen LogP contribution in [0.2, 0.25) is 0 Å². The monoisotopic (exact) mass is 470 g/mol. The number of methoxy groups -OCH3 is 2. The zero-order valence-corrected chi connectivity index (χ0v) is 19.6. The van der Waals surface area contributed by atoms with Gasteiger partial charge in [-0.25, -0.2) is 9.37 Å². The van der Waals surface area contributed by atoms with Crippen LogP contribution in [0.15, 0.2) is 61.1 Å². The smallest absolute Gasteiger partial charge is 0.183 e. The molecule has 0 spiro atoms. The molecule has 9 heteroatoms. The molecule has 0 aliphatic carbocycles. The fourth-order valence-electron chi connectivity index (χ4n) is 4.03. The molecule has 8 nitrogen and oxygen atoms in total. The maximum atomic E-state index is 15.1. The lowest BCUT2D eigenvalue weighted by Gasteiger charge is -2.13. The third-order valence-electron chi connectivity index (χ3n) is 5.82. The molecule has 0 aliphatic rings. The molecule has 0 saturated carbocycles. The topological polar surface area (TPSA) is 87.8 Å². The minimum atomic E-state index is -0.360. The lowest BCUT2D eigenvalue weighted by Crippen LogP contribution is -1.97. The molecule has 0 unspecified atom stereocenters. The summed E-state index contributed by atoms with van der Waals surface area (Å²) in [5.74, 6) is 0.162. The van der Waals surface area contributed by atoms with E-state index in [1.54, 1.807) is 38.9 Å². The molecule has 3 heterocycles. The first-order valence-corrected chi connectivity index (χ1v) is 11.1. The zero-order chi connectivity index (χ0) is 24.4. The van der Waals surface area contributed by atoms with E-state index in [9.17, 15) is 0 Å². The summed E-state index contributed by atoms with van der Waals surface area (Å²) < 4.78 is 27.7. The number of hydrogen-bond donors (Lipinski definition) is 0. The number of aromatic nitrogens is 6. The largest absolute Gasteiger partial charge is 0.496 e. The van der Waals surface area contributed by atoms with Gasteiger partial charge < -0.3 is 14.0 Å². The highest BCUT2D eigenvalue weighted by molar-refractivity contribution is 5.90. The molecule has 0 saturated heterocycles. The average Bonchev–Trinajstić information content (AvgIpc) is 3.33. The summed E-state index contributed by atoms with van der Waals surface area (Å²) in [6.07, 6.45) is 3.39. The summed E-state index contributed by atoms with van der Waals surface area (Å²) >= 11 is 0. The normalized spacial score (nSPS) is 11.2. The number of ether oxygens (including phenoxy) is 2. The summed E-state index contributed by atoms with van der Waals surface area (Å²) in [5, 5.41) is 16.8. The van der Waals surface area contributed by atoms with Crippen molar-refractivity contribution in [2.24, 2.45) is 0 Å². The number of rotatable bonds is 7. The number of benzene rings is 2. The van der Waals surface area contributed by atoms with Gasteiger partial charge in [-0.1, -0.05) is 12.1 Å². The third kappa shape index (κ3) is 4.22. The molecular formula is C26H23FN6O2. The highest BCUT2D eigenvalue weighted by atomic mass is 19.1. The second-order valence-corrected chi connectivity index (χ2v) is 7.91. The van der Waals surface area contributed by atoms with Crippen LogP contribution in [0.5, 0.6) is 5.75 Å². The van der Waals surface area contributed by atoms with Gasteiger partial charge in [0.25, 0.3) is 0 Å². The van der Waals surface area contributed by atoms with E-state index in [1.165, 1.54) is 6.07 Å². The molecule has 176 valence electrons. The Balaban J connectivity index is 1.56. The van der Waals surface area contributed by atoms with Gasteiger partial charge in [0.1, 0.15) is 17.1 Å². The van der Waals surface area contributed by atoms with Crippen LogP contribution in [0.1, 0.15) is 12.6 Å². The van der Waals surface area contributed by atoms with Crippen LogP contribution in [-0.2, 0) is 17.9 Å². The second-order valence-electron chi connectivity index (χ2n) is 7.91. The number of aryl methyl sites for hydroxylation is 1. The molecule has 0 fully saturated rings. The Morgan fingerprint density at radius 3 is 2.49 bits per heavy atom. The molecule has 0 bridgehead atoms. The molecule has 0 N–H and O–H groups in total. The molecule has 3 aromatic heterocycles. The highest BCUT2D eigenvalue weighted by Crippen LogP contribution is 2.37. The predicted octanol–water partition coefficient (Wildman–Crippen LogP) is 4.93. The number of nitrogens with zero attached hydrogens (tertiary/aromatic N) is 6.